The molecule has 37 heavy (non-hydrogen) atoms. The van der Waals surface area contributed by atoms with Gasteiger partial charge in [-0.05, 0) is 86.8 Å². The molecule has 0 N–H and O–H groups in total. The molecular weight excluding hydrogens is 484 g/mol. The summed E-state index contributed by atoms with van der Waals surface area (Å²) in [5.74, 6) is -0.206. The Labute approximate surface area is 220 Å². The first kappa shape index (κ1) is 24.8. The molecule has 0 bridgehead atoms. The number of nitro benzene ring substituents is 1. The van der Waals surface area contributed by atoms with Crippen LogP contribution in [0.1, 0.15) is 36.0 Å². The summed E-state index contributed by atoms with van der Waals surface area (Å²) in [5.41, 5.74) is 5.02. The van der Waals surface area contributed by atoms with Crippen LogP contribution >= 0.6 is 11.8 Å². The second-order valence-corrected chi connectivity index (χ2v) is 10.4. The minimum absolute atomic E-state index is 0.0654. The lowest BCUT2D eigenvalue weighted by Gasteiger charge is -2.28. The van der Waals surface area contributed by atoms with Crippen LogP contribution < -0.4 is 9.80 Å². The number of piperidine rings is 1. The predicted octanol–water partition coefficient (Wildman–Crippen LogP) is 7.01. The molecular formula is C29H28N4O3S. The van der Waals surface area contributed by atoms with Crippen LogP contribution in [-0.2, 0) is 4.79 Å². The lowest BCUT2D eigenvalue weighted by atomic mass is 10.1. The molecule has 3 aromatic rings. The van der Waals surface area contributed by atoms with Gasteiger partial charge in [-0.15, -0.1) is 0 Å². The lowest BCUT2D eigenvalue weighted by molar-refractivity contribution is -0.384. The summed E-state index contributed by atoms with van der Waals surface area (Å²) in [6, 6.07) is 20.8. The first-order chi connectivity index (χ1) is 17.9. The number of carbonyl (C=O) groups is 1. The van der Waals surface area contributed by atoms with Crippen molar-refractivity contribution in [3.8, 4) is 0 Å². The van der Waals surface area contributed by atoms with Crippen LogP contribution in [0.25, 0.3) is 6.08 Å². The number of hydrogen-bond donors (Lipinski definition) is 0. The number of rotatable bonds is 5. The molecule has 0 spiro atoms. The zero-order valence-corrected chi connectivity index (χ0v) is 21.7. The van der Waals surface area contributed by atoms with Crippen LogP contribution in [0.2, 0.25) is 0 Å². The molecule has 188 valence electrons. The van der Waals surface area contributed by atoms with Crippen LogP contribution in [0.5, 0.6) is 0 Å². The zero-order valence-electron chi connectivity index (χ0n) is 20.9. The minimum Gasteiger partial charge on any atom is -0.366 e. The SMILES string of the molecule is Cc1ccc(N=C2SC(=Cc3ccc(N4CCCCC4)c([N+](=O)[O-])c3)C(=O)N2c2ccc(C)cc2)cc1. The molecule has 2 fully saturated rings. The predicted molar refractivity (Wildman–Crippen MR) is 152 cm³/mol. The highest BCUT2D eigenvalue weighted by Gasteiger charge is 2.35. The topological polar surface area (TPSA) is 79.0 Å². The average molecular weight is 513 g/mol. The van der Waals surface area contributed by atoms with Crippen LogP contribution in [0, 0.1) is 24.0 Å². The number of aryl methyl sites for hydroxylation is 2. The highest BCUT2D eigenvalue weighted by molar-refractivity contribution is 8.19. The number of amides is 1. The third-order valence-electron chi connectivity index (χ3n) is 6.55. The largest absolute Gasteiger partial charge is 0.366 e. The van der Waals surface area contributed by atoms with Crippen LogP contribution in [0.4, 0.5) is 22.7 Å². The van der Waals surface area contributed by atoms with Gasteiger partial charge in [-0.1, -0.05) is 41.5 Å². The molecule has 2 heterocycles. The van der Waals surface area contributed by atoms with Crippen molar-refractivity contribution in [2.45, 2.75) is 33.1 Å². The smallest absolute Gasteiger partial charge is 0.293 e. The third-order valence-corrected chi connectivity index (χ3v) is 7.52. The van der Waals surface area contributed by atoms with E-state index in [1.807, 2.05) is 68.4 Å². The lowest BCUT2D eigenvalue weighted by Crippen LogP contribution is -2.29. The Bertz CT molecular complexity index is 1390. The van der Waals surface area contributed by atoms with Gasteiger partial charge < -0.3 is 4.90 Å². The van der Waals surface area contributed by atoms with Gasteiger partial charge in [0.05, 0.1) is 21.2 Å². The van der Waals surface area contributed by atoms with Gasteiger partial charge in [-0.25, -0.2) is 4.99 Å². The third kappa shape index (κ3) is 5.44. The van der Waals surface area contributed by atoms with Gasteiger partial charge in [-0.3, -0.25) is 19.8 Å². The van der Waals surface area contributed by atoms with Crippen molar-refractivity contribution in [1.82, 2.24) is 0 Å². The Kier molecular flexibility index (Phi) is 7.10. The van der Waals surface area contributed by atoms with E-state index in [1.54, 1.807) is 23.1 Å². The number of amidine groups is 1. The number of thioether (sulfide) groups is 1. The molecule has 0 radical (unpaired) electrons. The Morgan fingerprint density at radius 1 is 0.919 bits per heavy atom. The van der Waals surface area contributed by atoms with E-state index in [1.165, 1.54) is 11.8 Å². The number of benzene rings is 3. The van der Waals surface area contributed by atoms with E-state index < -0.39 is 0 Å². The van der Waals surface area contributed by atoms with Crippen molar-refractivity contribution in [2.24, 2.45) is 4.99 Å². The average Bonchev–Trinajstić information content (AvgIpc) is 3.20. The minimum atomic E-state index is -0.335. The van der Waals surface area contributed by atoms with E-state index in [0.29, 0.717) is 21.3 Å². The van der Waals surface area contributed by atoms with Gasteiger partial charge in [0.2, 0.25) is 0 Å². The van der Waals surface area contributed by atoms with Gasteiger partial charge >= 0.3 is 0 Å². The summed E-state index contributed by atoms with van der Waals surface area (Å²) in [6.45, 7) is 5.65. The summed E-state index contributed by atoms with van der Waals surface area (Å²) in [6.07, 6.45) is 4.94. The maximum atomic E-state index is 13.6. The number of anilines is 2. The molecule has 2 aliphatic heterocycles. The Balaban J connectivity index is 1.52. The van der Waals surface area contributed by atoms with Gasteiger partial charge in [0.25, 0.3) is 11.6 Å². The van der Waals surface area contributed by atoms with Gasteiger partial charge in [0.15, 0.2) is 5.17 Å². The number of hydrogen-bond acceptors (Lipinski definition) is 6. The normalized spacial score (nSPS) is 18.2. The molecule has 0 atom stereocenters. The first-order valence-electron chi connectivity index (χ1n) is 12.4. The summed E-state index contributed by atoms with van der Waals surface area (Å²) >= 11 is 1.27. The van der Waals surface area contributed by atoms with E-state index >= 15 is 0 Å². The van der Waals surface area contributed by atoms with Crippen molar-refractivity contribution in [3.63, 3.8) is 0 Å². The van der Waals surface area contributed by atoms with E-state index in [4.69, 9.17) is 4.99 Å². The fourth-order valence-electron chi connectivity index (χ4n) is 4.53. The first-order valence-corrected chi connectivity index (χ1v) is 13.2. The van der Waals surface area contributed by atoms with E-state index in [-0.39, 0.29) is 16.5 Å². The van der Waals surface area contributed by atoms with Gasteiger partial charge in [-0.2, -0.15) is 0 Å². The quantitative estimate of drug-likeness (QED) is 0.209. The molecule has 1 amide bonds. The van der Waals surface area contributed by atoms with Crippen molar-refractivity contribution >= 4 is 51.7 Å². The molecule has 0 unspecified atom stereocenters. The molecule has 7 nitrogen and oxygen atoms in total. The Morgan fingerprint density at radius 3 is 2.22 bits per heavy atom. The fourth-order valence-corrected chi connectivity index (χ4v) is 5.53. The van der Waals surface area contributed by atoms with Crippen molar-refractivity contribution in [1.29, 1.82) is 0 Å². The summed E-state index contributed by atoms with van der Waals surface area (Å²) in [5, 5.41) is 12.5. The molecule has 2 saturated heterocycles. The van der Waals surface area contributed by atoms with Crippen molar-refractivity contribution in [3.05, 3.63) is 98.4 Å². The summed E-state index contributed by atoms with van der Waals surface area (Å²) in [7, 11) is 0. The second kappa shape index (κ2) is 10.6. The standard InChI is InChI=1S/C29H28N4O3S/c1-20-6-11-23(12-7-20)30-29-32(24-13-8-21(2)9-14-24)28(34)27(37-29)19-22-10-15-25(26(18-22)33(35)36)31-16-4-3-5-17-31/h6-15,18-19H,3-5,16-17H2,1-2H3. The zero-order chi connectivity index (χ0) is 25.9. The molecule has 0 aliphatic carbocycles. The Morgan fingerprint density at radius 2 is 1.57 bits per heavy atom. The number of carbonyl (C=O) groups excluding carboxylic acids is 1. The van der Waals surface area contributed by atoms with E-state index in [0.717, 1.165) is 54.9 Å². The van der Waals surface area contributed by atoms with Gasteiger partial charge in [0, 0.05) is 19.2 Å². The van der Waals surface area contributed by atoms with Crippen molar-refractivity contribution in [2.75, 3.05) is 22.9 Å². The maximum Gasteiger partial charge on any atom is 0.293 e. The molecule has 2 aliphatic rings. The van der Waals surface area contributed by atoms with Crippen LogP contribution in [0.15, 0.2) is 76.6 Å². The molecule has 5 rings (SSSR count). The van der Waals surface area contributed by atoms with Crippen LogP contribution in [0.3, 0.4) is 0 Å². The molecule has 3 aromatic carbocycles. The maximum absolute atomic E-state index is 13.6. The monoisotopic (exact) mass is 512 g/mol. The highest BCUT2D eigenvalue weighted by atomic mass is 32.2. The van der Waals surface area contributed by atoms with Crippen LogP contribution in [-0.4, -0.2) is 29.1 Å². The van der Waals surface area contributed by atoms with E-state index in [2.05, 4.69) is 4.90 Å². The number of nitro groups is 1. The number of aliphatic imine (C=N–C) groups is 1. The molecule has 0 saturated carbocycles. The van der Waals surface area contributed by atoms with Gasteiger partial charge in [0.1, 0.15) is 5.69 Å². The fraction of sp³-hybridized carbons (Fsp3) is 0.241. The molecule has 0 aromatic heterocycles. The van der Waals surface area contributed by atoms with Crippen molar-refractivity contribution < 1.29 is 9.72 Å². The summed E-state index contributed by atoms with van der Waals surface area (Å²) < 4.78 is 0. The second-order valence-electron chi connectivity index (χ2n) is 9.37. The summed E-state index contributed by atoms with van der Waals surface area (Å²) in [4.78, 5) is 34.1. The van der Waals surface area contributed by atoms with E-state index in [9.17, 15) is 14.9 Å². The molecule has 8 heteroatoms. The Hall–Kier alpha value is -3.91. The highest BCUT2D eigenvalue weighted by Crippen LogP contribution is 2.39. The number of nitrogens with zero attached hydrogens (tertiary/aromatic N) is 4.